The number of sulfonamides is 1. The fraction of sp³-hybridized carbons (Fsp3) is 0.526. The van der Waals surface area contributed by atoms with E-state index >= 15 is 0 Å². The number of anilines is 2. The fourth-order valence-electron chi connectivity index (χ4n) is 3.28. The molecule has 2 heterocycles. The highest BCUT2D eigenvalue weighted by atomic mass is 32.2. The molecule has 0 atom stereocenters. The molecule has 0 saturated carbocycles. The van der Waals surface area contributed by atoms with Crippen molar-refractivity contribution in [1.82, 2.24) is 10.2 Å². The van der Waals surface area contributed by atoms with E-state index in [4.69, 9.17) is 9.47 Å². The van der Waals surface area contributed by atoms with E-state index in [1.807, 2.05) is 11.8 Å². The second kappa shape index (κ2) is 11.3. The van der Waals surface area contributed by atoms with Crippen LogP contribution in [0, 0.1) is 0 Å². The number of nitrogens with zero attached hydrogens (tertiary/aromatic N) is 5. The predicted molar refractivity (Wildman–Crippen MR) is 122 cm³/mol. The molecule has 0 unspecified atom stereocenters. The van der Waals surface area contributed by atoms with Gasteiger partial charge in [0.15, 0.2) is 0 Å². The molecule has 2 aromatic rings. The highest BCUT2D eigenvalue weighted by Crippen LogP contribution is 2.39. The number of aryl methyl sites for hydroxylation is 1. The molecule has 0 spiro atoms. The number of rotatable bonds is 10. The summed E-state index contributed by atoms with van der Waals surface area (Å²) in [6.07, 6.45) is 2.26. The van der Waals surface area contributed by atoms with Crippen molar-refractivity contribution >= 4 is 49.5 Å². The number of carbonyl (C=O) groups is 1. The Hall–Kier alpha value is -2.85. The molecule has 0 saturated heterocycles. The number of fused-ring (bicyclic) bond motifs is 1. The van der Waals surface area contributed by atoms with Crippen molar-refractivity contribution in [3.05, 3.63) is 22.7 Å². The van der Waals surface area contributed by atoms with Gasteiger partial charge in [0.05, 0.1) is 12.3 Å². The second-order valence-electron chi connectivity index (χ2n) is 7.36. The van der Waals surface area contributed by atoms with Crippen LogP contribution in [0.15, 0.2) is 22.4 Å². The molecule has 3 rings (SSSR count). The van der Waals surface area contributed by atoms with Crippen LogP contribution in [0.2, 0.25) is 0 Å². The number of methoxy groups -OCH3 is 1. The lowest BCUT2D eigenvalue weighted by molar-refractivity contribution is -0.0429. The molecule has 1 aromatic heterocycles. The standard InChI is InChI=1S/C19H23F3N6O5S2/c1-3-6-28-7-4-5-12-10-13(14(11-15(12)28)27-35(30,31)19(20,21)22)23-25-18-26-24-16(34-18)17(29)33-9-8-32-2/h10-11,27H,3-9H2,1-2H3. The minimum Gasteiger partial charge on any atom is -0.458 e. The summed E-state index contributed by atoms with van der Waals surface area (Å²) in [6, 6.07) is 2.83. The SMILES string of the molecule is CCCN1CCCc2cc(N=Nc3nnc(C(=O)OCCOC)s3)c(NS(=O)(=O)C(F)(F)F)cc21. The van der Waals surface area contributed by atoms with Crippen LogP contribution in [0.25, 0.3) is 0 Å². The normalized spacial score (nSPS) is 14.3. The summed E-state index contributed by atoms with van der Waals surface area (Å²) < 4.78 is 74.0. The van der Waals surface area contributed by atoms with E-state index < -0.39 is 21.5 Å². The average molecular weight is 537 g/mol. The summed E-state index contributed by atoms with van der Waals surface area (Å²) >= 11 is 0.752. The first-order valence-electron chi connectivity index (χ1n) is 10.5. The molecule has 0 fully saturated rings. The van der Waals surface area contributed by atoms with Gasteiger partial charge in [-0.05, 0) is 37.0 Å². The van der Waals surface area contributed by atoms with Gasteiger partial charge in [-0.2, -0.15) is 21.6 Å². The van der Waals surface area contributed by atoms with Crippen LogP contribution in [-0.4, -0.2) is 63.5 Å². The molecule has 1 aliphatic rings. The van der Waals surface area contributed by atoms with Crippen LogP contribution in [0.3, 0.4) is 0 Å². The quantitative estimate of drug-likeness (QED) is 0.271. The molecule has 1 aromatic carbocycles. The van der Waals surface area contributed by atoms with E-state index in [0.717, 1.165) is 29.7 Å². The number of hydrogen-bond acceptors (Lipinski definition) is 11. The number of carbonyl (C=O) groups excluding carboxylic acids is 1. The second-order valence-corrected chi connectivity index (χ2v) is 9.99. The van der Waals surface area contributed by atoms with Crippen molar-refractivity contribution in [1.29, 1.82) is 0 Å². The van der Waals surface area contributed by atoms with Crippen LogP contribution in [-0.2, 0) is 25.9 Å². The number of nitrogens with one attached hydrogen (secondary N) is 1. The lowest BCUT2D eigenvalue weighted by Crippen LogP contribution is -2.31. The Balaban J connectivity index is 1.93. The highest BCUT2D eigenvalue weighted by Gasteiger charge is 2.46. The van der Waals surface area contributed by atoms with Crippen LogP contribution in [0.1, 0.15) is 35.1 Å². The number of azo groups is 1. The van der Waals surface area contributed by atoms with Gasteiger partial charge in [0.1, 0.15) is 12.3 Å². The van der Waals surface area contributed by atoms with Crippen LogP contribution < -0.4 is 9.62 Å². The Morgan fingerprint density at radius 3 is 2.71 bits per heavy atom. The monoisotopic (exact) mass is 536 g/mol. The zero-order valence-electron chi connectivity index (χ0n) is 18.8. The zero-order valence-corrected chi connectivity index (χ0v) is 20.5. The third kappa shape index (κ3) is 6.64. The zero-order chi connectivity index (χ0) is 25.6. The van der Waals surface area contributed by atoms with E-state index in [-0.39, 0.29) is 34.7 Å². The number of benzene rings is 1. The minimum atomic E-state index is -5.70. The Morgan fingerprint density at radius 2 is 2.03 bits per heavy atom. The van der Waals surface area contributed by atoms with Crippen molar-refractivity contribution in [3.8, 4) is 0 Å². The number of halogens is 3. The van der Waals surface area contributed by atoms with Gasteiger partial charge in [-0.3, -0.25) is 4.72 Å². The summed E-state index contributed by atoms with van der Waals surface area (Å²) in [7, 11) is -4.25. The maximum absolute atomic E-state index is 13.0. The molecule has 0 radical (unpaired) electrons. The van der Waals surface area contributed by atoms with E-state index in [9.17, 15) is 26.4 Å². The van der Waals surface area contributed by atoms with Crippen molar-refractivity contribution in [2.75, 3.05) is 43.0 Å². The first-order valence-corrected chi connectivity index (χ1v) is 12.8. The van der Waals surface area contributed by atoms with Crippen molar-refractivity contribution < 1.29 is 35.9 Å². The average Bonchev–Trinajstić information content (AvgIpc) is 3.26. The Kier molecular flexibility index (Phi) is 8.60. The highest BCUT2D eigenvalue weighted by molar-refractivity contribution is 7.93. The van der Waals surface area contributed by atoms with Gasteiger partial charge in [-0.25, -0.2) is 4.79 Å². The number of hydrogen-bond donors (Lipinski definition) is 1. The molecule has 16 heteroatoms. The van der Waals surface area contributed by atoms with Crippen molar-refractivity contribution in [3.63, 3.8) is 0 Å². The molecule has 1 N–H and O–H groups in total. The topological polar surface area (TPSA) is 135 Å². The molecule has 0 amide bonds. The first-order chi connectivity index (χ1) is 16.6. The molecule has 0 aliphatic carbocycles. The van der Waals surface area contributed by atoms with Gasteiger partial charge < -0.3 is 14.4 Å². The molecule has 192 valence electrons. The molecule has 35 heavy (non-hydrogen) atoms. The van der Waals surface area contributed by atoms with Gasteiger partial charge in [0.2, 0.25) is 5.01 Å². The van der Waals surface area contributed by atoms with Crippen LogP contribution in [0.4, 0.5) is 35.4 Å². The number of aromatic nitrogens is 2. The van der Waals surface area contributed by atoms with Crippen molar-refractivity contribution in [2.24, 2.45) is 10.2 Å². The minimum absolute atomic E-state index is 0.0125. The Morgan fingerprint density at radius 1 is 1.26 bits per heavy atom. The van der Waals surface area contributed by atoms with E-state index in [1.54, 1.807) is 4.72 Å². The molecular formula is C19H23F3N6O5S2. The molecule has 11 nitrogen and oxygen atoms in total. The van der Waals surface area contributed by atoms with E-state index in [1.165, 1.54) is 19.2 Å². The lowest BCUT2D eigenvalue weighted by Gasteiger charge is -2.32. The third-order valence-corrected chi connectivity index (χ3v) is 6.69. The third-order valence-electron chi connectivity index (χ3n) is 4.81. The molecule has 1 aliphatic heterocycles. The predicted octanol–water partition coefficient (Wildman–Crippen LogP) is 4.18. The number of esters is 1. The Labute approximate surface area is 203 Å². The first kappa shape index (κ1) is 26.7. The summed E-state index contributed by atoms with van der Waals surface area (Å²) in [5.41, 5.74) is -4.59. The van der Waals surface area contributed by atoms with Gasteiger partial charge in [-0.15, -0.1) is 20.4 Å². The summed E-state index contributed by atoms with van der Waals surface area (Å²) in [4.78, 5) is 13.9. The molecular weight excluding hydrogens is 513 g/mol. The van der Waals surface area contributed by atoms with Gasteiger partial charge in [0.25, 0.3) is 5.13 Å². The maximum atomic E-state index is 13.0. The summed E-state index contributed by atoms with van der Waals surface area (Å²) in [5.74, 6) is -0.746. The van der Waals surface area contributed by atoms with Gasteiger partial charge in [0, 0.05) is 25.9 Å². The van der Waals surface area contributed by atoms with Crippen LogP contribution >= 0.6 is 11.3 Å². The lowest BCUT2D eigenvalue weighted by atomic mass is 10.00. The van der Waals surface area contributed by atoms with Crippen LogP contribution in [0.5, 0.6) is 0 Å². The smallest absolute Gasteiger partial charge is 0.458 e. The van der Waals surface area contributed by atoms with E-state index in [0.29, 0.717) is 25.2 Å². The number of alkyl halides is 3. The van der Waals surface area contributed by atoms with Gasteiger partial charge in [-0.1, -0.05) is 18.3 Å². The fourth-order valence-corrected chi connectivity index (χ4v) is 4.41. The summed E-state index contributed by atoms with van der Waals surface area (Å²) in [5, 5.41) is 14.9. The van der Waals surface area contributed by atoms with Crippen molar-refractivity contribution in [2.45, 2.75) is 31.7 Å². The number of ether oxygens (including phenoxy) is 2. The maximum Gasteiger partial charge on any atom is 0.516 e. The largest absolute Gasteiger partial charge is 0.516 e. The Bertz CT molecular complexity index is 1190. The summed E-state index contributed by atoms with van der Waals surface area (Å²) in [6.45, 7) is 3.53. The van der Waals surface area contributed by atoms with Gasteiger partial charge >= 0.3 is 21.5 Å². The van der Waals surface area contributed by atoms with E-state index in [2.05, 4.69) is 20.4 Å². The molecule has 0 bridgehead atoms.